The van der Waals surface area contributed by atoms with Crippen LogP contribution in [-0.4, -0.2) is 43.6 Å². The number of nitrogens with one attached hydrogen (secondary N) is 1. The van der Waals surface area contributed by atoms with Gasteiger partial charge in [-0.1, -0.05) is 32.9 Å². The Morgan fingerprint density at radius 3 is 2.50 bits per heavy atom. The molecule has 0 bridgehead atoms. The summed E-state index contributed by atoms with van der Waals surface area (Å²) in [6, 6.07) is 8.17. The van der Waals surface area contributed by atoms with Crippen LogP contribution in [0.4, 0.5) is 0 Å². The van der Waals surface area contributed by atoms with E-state index in [0.717, 1.165) is 44.8 Å². The van der Waals surface area contributed by atoms with Crippen molar-refractivity contribution < 1.29 is 9.53 Å². The lowest BCUT2D eigenvalue weighted by Gasteiger charge is -2.32. The fourth-order valence-electron chi connectivity index (χ4n) is 3.10. The SMILES string of the molecule is CCNCC1CCN(C(=O)CCOc2ccc(C(C)C)cc2)CC1. The maximum Gasteiger partial charge on any atom is 0.225 e. The van der Waals surface area contributed by atoms with Gasteiger partial charge in [-0.3, -0.25) is 4.79 Å². The van der Waals surface area contributed by atoms with Gasteiger partial charge in [-0.2, -0.15) is 0 Å². The van der Waals surface area contributed by atoms with Crippen molar-refractivity contribution in [2.24, 2.45) is 5.92 Å². The van der Waals surface area contributed by atoms with Crippen LogP contribution >= 0.6 is 0 Å². The predicted octanol–water partition coefficient (Wildman–Crippen LogP) is 3.43. The number of nitrogens with zero attached hydrogens (tertiary/aromatic N) is 1. The zero-order valence-electron chi connectivity index (χ0n) is 15.4. The number of carbonyl (C=O) groups is 1. The van der Waals surface area contributed by atoms with E-state index in [9.17, 15) is 4.79 Å². The lowest BCUT2D eigenvalue weighted by molar-refractivity contribution is -0.133. The van der Waals surface area contributed by atoms with Crippen LogP contribution in [0, 0.1) is 5.92 Å². The minimum atomic E-state index is 0.218. The monoisotopic (exact) mass is 332 g/mol. The number of benzene rings is 1. The van der Waals surface area contributed by atoms with E-state index in [1.165, 1.54) is 5.56 Å². The molecule has 1 aliphatic rings. The summed E-state index contributed by atoms with van der Waals surface area (Å²) in [6.45, 7) is 10.8. The Morgan fingerprint density at radius 2 is 1.92 bits per heavy atom. The Bertz CT molecular complexity index is 491. The molecule has 0 saturated carbocycles. The highest BCUT2D eigenvalue weighted by Crippen LogP contribution is 2.19. The van der Waals surface area contributed by atoms with Crippen molar-refractivity contribution in [2.45, 2.75) is 46.0 Å². The van der Waals surface area contributed by atoms with E-state index in [1.54, 1.807) is 0 Å². The van der Waals surface area contributed by atoms with Gasteiger partial charge < -0.3 is 15.0 Å². The standard InChI is InChI=1S/C20H32N2O2/c1-4-21-15-17-9-12-22(13-10-17)20(23)11-14-24-19-7-5-18(6-8-19)16(2)3/h5-8,16-17,21H,4,9-15H2,1-3H3. The minimum Gasteiger partial charge on any atom is -0.493 e. The van der Waals surface area contributed by atoms with Gasteiger partial charge in [-0.05, 0) is 55.5 Å². The highest BCUT2D eigenvalue weighted by molar-refractivity contribution is 5.76. The molecule has 0 atom stereocenters. The molecule has 0 aliphatic carbocycles. The zero-order valence-corrected chi connectivity index (χ0v) is 15.4. The van der Waals surface area contributed by atoms with Crippen LogP contribution in [0.1, 0.15) is 51.5 Å². The number of amides is 1. The molecule has 1 aromatic carbocycles. The molecule has 134 valence electrons. The summed E-state index contributed by atoms with van der Waals surface area (Å²) in [5.41, 5.74) is 1.30. The highest BCUT2D eigenvalue weighted by atomic mass is 16.5. The molecule has 4 heteroatoms. The molecular formula is C20H32N2O2. The lowest BCUT2D eigenvalue weighted by Crippen LogP contribution is -2.41. The van der Waals surface area contributed by atoms with Crippen molar-refractivity contribution in [3.8, 4) is 5.75 Å². The van der Waals surface area contributed by atoms with E-state index >= 15 is 0 Å². The molecule has 1 amide bonds. The summed E-state index contributed by atoms with van der Waals surface area (Å²) < 4.78 is 5.72. The third kappa shape index (κ3) is 5.82. The molecule has 0 radical (unpaired) electrons. The molecule has 0 spiro atoms. The van der Waals surface area contributed by atoms with Gasteiger partial charge in [0, 0.05) is 13.1 Å². The number of ether oxygens (including phenoxy) is 1. The maximum atomic E-state index is 12.3. The molecule has 1 saturated heterocycles. The summed E-state index contributed by atoms with van der Waals surface area (Å²) in [5.74, 6) is 2.30. The first kappa shape index (κ1) is 18.8. The van der Waals surface area contributed by atoms with Crippen LogP contribution in [0.3, 0.4) is 0 Å². The predicted molar refractivity (Wildman–Crippen MR) is 98.5 cm³/mol. The molecule has 24 heavy (non-hydrogen) atoms. The second-order valence-electron chi connectivity index (χ2n) is 6.95. The molecule has 1 heterocycles. The molecule has 1 aliphatic heterocycles. The van der Waals surface area contributed by atoms with E-state index in [2.05, 4.69) is 38.2 Å². The zero-order chi connectivity index (χ0) is 17.4. The molecular weight excluding hydrogens is 300 g/mol. The molecule has 1 fully saturated rings. The van der Waals surface area contributed by atoms with E-state index < -0.39 is 0 Å². The molecule has 2 rings (SSSR count). The molecule has 1 N–H and O–H groups in total. The van der Waals surface area contributed by atoms with E-state index in [0.29, 0.717) is 24.9 Å². The van der Waals surface area contributed by atoms with E-state index in [4.69, 9.17) is 4.74 Å². The third-order valence-electron chi connectivity index (χ3n) is 4.78. The average molecular weight is 332 g/mol. The second-order valence-corrected chi connectivity index (χ2v) is 6.95. The van der Waals surface area contributed by atoms with Gasteiger partial charge in [0.2, 0.25) is 5.91 Å². The largest absolute Gasteiger partial charge is 0.493 e. The van der Waals surface area contributed by atoms with Crippen LogP contribution < -0.4 is 10.1 Å². The third-order valence-corrected chi connectivity index (χ3v) is 4.78. The lowest BCUT2D eigenvalue weighted by atomic mass is 9.96. The van der Waals surface area contributed by atoms with E-state index in [1.807, 2.05) is 17.0 Å². The van der Waals surface area contributed by atoms with Gasteiger partial charge in [0.1, 0.15) is 5.75 Å². The summed E-state index contributed by atoms with van der Waals surface area (Å²) >= 11 is 0. The first-order valence-corrected chi connectivity index (χ1v) is 9.31. The average Bonchev–Trinajstić information content (AvgIpc) is 2.60. The van der Waals surface area contributed by atoms with Crippen molar-refractivity contribution in [1.29, 1.82) is 0 Å². The van der Waals surface area contributed by atoms with Crippen LogP contribution in [0.15, 0.2) is 24.3 Å². The smallest absolute Gasteiger partial charge is 0.225 e. The van der Waals surface area contributed by atoms with Gasteiger partial charge in [-0.15, -0.1) is 0 Å². The van der Waals surface area contributed by atoms with Crippen molar-refractivity contribution in [2.75, 3.05) is 32.8 Å². The van der Waals surface area contributed by atoms with Gasteiger partial charge >= 0.3 is 0 Å². The Morgan fingerprint density at radius 1 is 1.25 bits per heavy atom. The van der Waals surface area contributed by atoms with Gasteiger partial charge in [0.05, 0.1) is 13.0 Å². The fourth-order valence-corrected chi connectivity index (χ4v) is 3.10. The maximum absolute atomic E-state index is 12.3. The molecule has 4 nitrogen and oxygen atoms in total. The number of carbonyl (C=O) groups excluding carboxylic acids is 1. The molecule has 0 unspecified atom stereocenters. The van der Waals surface area contributed by atoms with Crippen molar-refractivity contribution in [3.05, 3.63) is 29.8 Å². The first-order valence-electron chi connectivity index (χ1n) is 9.31. The number of likely N-dealkylation sites (tertiary alicyclic amines) is 1. The number of hydrogen-bond acceptors (Lipinski definition) is 3. The second kappa shape index (κ2) is 9.67. The van der Waals surface area contributed by atoms with Crippen molar-refractivity contribution in [1.82, 2.24) is 10.2 Å². The molecule has 1 aromatic rings. The Balaban J connectivity index is 1.66. The Labute approximate surface area is 146 Å². The van der Waals surface area contributed by atoms with Crippen molar-refractivity contribution >= 4 is 5.91 Å². The Hall–Kier alpha value is -1.55. The van der Waals surface area contributed by atoms with Crippen LogP contribution in [-0.2, 0) is 4.79 Å². The van der Waals surface area contributed by atoms with Crippen molar-refractivity contribution in [3.63, 3.8) is 0 Å². The normalized spacial score (nSPS) is 15.8. The van der Waals surface area contributed by atoms with Crippen LogP contribution in [0.5, 0.6) is 5.75 Å². The van der Waals surface area contributed by atoms with Gasteiger partial charge in [0.25, 0.3) is 0 Å². The summed E-state index contributed by atoms with van der Waals surface area (Å²) in [7, 11) is 0. The van der Waals surface area contributed by atoms with Crippen LogP contribution in [0.25, 0.3) is 0 Å². The Kier molecular flexibility index (Phi) is 7.57. The number of rotatable bonds is 8. The topological polar surface area (TPSA) is 41.6 Å². The fraction of sp³-hybridized carbons (Fsp3) is 0.650. The van der Waals surface area contributed by atoms with E-state index in [-0.39, 0.29) is 5.91 Å². The summed E-state index contributed by atoms with van der Waals surface area (Å²) in [4.78, 5) is 14.3. The summed E-state index contributed by atoms with van der Waals surface area (Å²) in [6.07, 6.45) is 2.68. The van der Waals surface area contributed by atoms with Gasteiger partial charge in [-0.25, -0.2) is 0 Å². The number of hydrogen-bond donors (Lipinski definition) is 1. The van der Waals surface area contributed by atoms with Crippen LogP contribution in [0.2, 0.25) is 0 Å². The molecule has 0 aromatic heterocycles. The summed E-state index contributed by atoms with van der Waals surface area (Å²) in [5, 5.41) is 3.40. The van der Waals surface area contributed by atoms with Gasteiger partial charge in [0.15, 0.2) is 0 Å². The first-order chi connectivity index (χ1) is 11.6. The quantitative estimate of drug-likeness (QED) is 0.793. The minimum absolute atomic E-state index is 0.218. The number of piperidine rings is 1. The highest BCUT2D eigenvalue weighted by Gasteiger charge is 2.22.